The molecule has 0 radical (unpaired) electrons. The first-order valence-electron chi connectivity index (χ1n) is 4.92. The first kappa shape index (κ1) is 10.4. The van der Waals surface area contributed by atoms with E-state index in [1.165, 1.54) is 6.07 Å². The second kappa shape index (κ2) is 4.16. The number of fused-ring (bicyclic) bond motifs is 1. The maximum absolute atomic E-state index is 13.4. The molecule has 4 heteroatoms. The summed E-state index contributed by atoms with van der Waals surface area (Å²) in [5, 5.41) is 18.2. The average molecular weight is 212 g/mol. The third-order valence-corrected chi connectivity index (χ3v) is 2.76. The van der Waals surface area contributed by atoms with Crippen molar-refractivity contribution in [3.05, 3.63) is 29.6 Å². The van der Waals surface area contributed by atoms with Gasteiger partial charge in [-0.05, 0) is 18.6 Å². The smallest absolute Gasteiger partial charge is 0.130 e. The first-order chi connectivity index (χ1) is 7.26. The molecule has 0 bridgehead atoms. The van der Waals surface area contributed by atoms with Crippen LogP contribution in [0.1, 0.15) is 5.56 Å². The number of hydrogen-bond donors (Lipinski definition) is 2. The topological polar surface area (TPSA) is 49.7 Å². The Kier molecular flexibility index (Phi) is 2.88. The van der Waals surface area contributed by atoms with E-state index in [2.05, 4.69) is 0 Å². The normalized spacial score (nSPS) is 24.5. The van der Waals surface area contributed by atoms with Gasteiger partial charge in [-0.1, -0.05) is 6.07 Å². The second-order valence-electron chi connectivity index (χ2n) is 3.70. The lowest BCUT2D eigenvalue weighted by molar-refractivity contribution is 0.0267. The summed E-state index contributed by atoms with van der Waals surface area (Å²) >= 11 is 0. The van der Waals surface area contributed by atoms with Crippen molar-refractivity contribution in [1.82, 2.24) is 0 Å². The molecule has 0 unspecified atom stereocenters. The molecular formula is C11H13FO3. The van der Waals surface area contributed by atoms with Crippen LogP contribution >= 0.6 is 0 Å². The fourth-order valence-electron chi connectivity index (χ4n) is 1.87. The van der Waals surface area contributed by atoms with Gasteiger partial charge < -0.3 is 14.9 Å². The SMILES string of the molecule is OC[C@@H]1Cc2c(F)cccc2O[C@H]1CO. The van der Waals surface area contributed by atoms with Gasteiger partial charge in [0.1, 0.15) is 17.7 Å². The summed E-state index contributed by atoms with van der Waals surface area (Å²) in [5.74, 6) is -0.0829. The van der Waals surface area contributed by atoms with Gasteiger partial charge in [0, 0.05) is 18.1 Å². The molecule has 15 heavy (non-hydrogen) atoms. The van der Waals surface area contributed by atoms with E-state index in [4.69, 9.17) is 14.9 Å². The second-order valence-corrected chi connectivity index (χ2v) is 3.70. The predicted molar refractivity (Wildman–Crippen MR) is 52.2 cm³/mol. The Morgan fingerprint density at radius 3 is 2.80 bits per heavy atom. The highest BCUT2D eigenvalue weighted by atomic mass is 19.1. The van der Waals surface area contributed by atoms with Crippen LogP contribution < -0.4 is 4.74 Å². The molecule has 0 saturated carbocycles. The van der Waals surface area contributed by atoms with Crippen LogP contribution in [0.3, 0.4) is 0 Å². The Bertz CT molecular complexity index is 354. The molecule has 3 nitrogen and oxygen atoms in total. The van der Waals surface area contributed by atoms with Gasteiger partial charge in [-0.15, -0.1) is 0 Å². The maximum Gasteiger partial charge on any atom is 0.130 e. The van der Waals surface area contributed by atoms with Crippen LogP contribution in [0.2, 0.25) is 0 Å². The zero-order valence-corrected chi connectivity index (χ0v) is 8.19. The van der Waals surface area contributed by atoms with Gasteiger partial charge in [0.15, 0.2) is 0 Å². The number of benzene rings is 1. The zero-order chi connectivity index (χ0) is 10.8. The van der Waals surface area contributed by atoms with Crippen LogP contribution in [0.25, 0.3) is 0 Å². The van der Waals surface area contributed by atoms with Gasteiger partial charge in [-0.2, -0.15) is 0 Å². The van der Waals surface area contributed by atoms with E-state index in [9.17, 15) is 4.39 Å². The van der Waals surface area contributed by atoms with Crippen molar-refractivity contribution in [2.24, 2.45) is 5.92 Å². The van der Waals surface area contributed by atoms with E-state index in [0.717, 1.165) is 0 Å². The van der Waals surface area contributed by atoms with Crippen molar-refractivity contribution in [1.29, 1.82) is 0 Å². The number of halogens is 1. The Labute approximate surface area is 87.1 Å². The van der Waals surface area contributed by atoms with Crippen LogP contribution in [-0.4, -0.2) is 29.5 Å². The fourth-order valence-corrected chi connectivity index (χ4v) is 1.87. The Hall–Kier alpha value is -1.13. The van der Waals surface area contributed by atoms with Crippen molar-refractivity contribution in [3.8, 4) is 5.75 Å². The summed E-state index contributed by atoms with van der Waals surface area (Å²) < 4.78 is 18.8. The lowest BCUT2D eigenvalue weighted by Gasteiger charge is -2.31. The van der Waals surface area contributed by atoms with Crippen LogP contribution in [0, 0.1) is 11.7 Å². The van der Waals surface area contributed by atoms with E-state index < -0.39 is 6.10 Å². The van der Waals surface area contributed by atoms with E-state index in [1.54, 1.807) is 12.1 Å². The molecule has 2 atom stereocenters. The van der Waals surface area contributed by atoms with E-state index >= 15 is 0 Å². The molecule has 2 N–H and O–H groups in total. The molecule has 1 aromatic rings. The molecule has 0 spiro atoms. The fraction of sp³-hybridized carbons (Fsp3) is 0.455. The number of aliphatic hydroxyl groups excluding tert-OH is 2. The lowest BCUT2D eigenvalue weighted by Crippen LogP contribution is -2.38. The Morgan fingerprint density at radius 2 is 2.13 bits per heavy atom. The number of ether oxygens (including phenoxy) is 1. The summed E-state index contributed by atoms with van der Waals surface area (Å²) in [6.45, 7) is -0.278. The van der Waals surface area contributed by atoms with Crippen molar-refractivity contribution in [2.75, 3.05) is 13.2 Å². The maximum atomic E-state index is 13.4. The van der Waals surface area contributed by atoms with Crippen LogP contribution in [0.5, 0.6) is 5.75 Å². The molecular weight excluding hydrogens is 199 g/mol. The third kappa shape index (κ3) is 1.82. The number of aliphatic hydroxyl groups is 2. The van der Waals surface area contributed by atoms with Gasteiger partial charge >= 0.3 is 0 Å². The van der Waals surface area contributed by atoms with E-state index in [1.807, 2.05) is 0 Å². The zero-order valence-electron chi connectivity index (χ0n) is 8.19. The molecule has 1 aromatic carbocycles. The van der Waals surface area contributed by atoms with Crippen molar-refractivity contribution < 1.29 is 19.3 Å². The molecule has 1 heterocycles. The highest BCUT2D eigenvalue weighted by Crippen LogP contribution is 2.32. The minimum Gasteiger partial charge on any atom is -0.487 e. The molecule has 0 aliphatic carbocycles. The summed E-state index contributed by atoms with van der Waals surface area (Å²) in [5.41, 5.74) is 0.487. The van der Waals surface area contributed by atoms with E-state index in [-0.39, 0.29) is 24.9 Å². The molecule has 0 fully saturated rings. The predicted octanol–water partition coefficient (Wildman–Crippen LogP) is 0.730. The third-order valence-electron chi connectivity index (χ3n) is 2.76. The van der Waals surface area contributed by atoms with Crippen LogP contribution in [0.15, 0.2) is 18.2 Å². The van der Waals surface area contributed by atoms with Crippen LogP contribution in [0.4, 0.5) is 4.39 Å². The highest BCUT2D eigenvalue weighted by Gasteiger charge is 2.30. The van der Waals surface area contributed by atoms with Crippen LogP contribution in [-0.2, 0) is 6.42 Å². The number of hydrogen-bond acceptors (Lipinski definition) is 3. The first-order valence-corrected chi connectivity index (χ1v) is 4.92. The standard InChI is InChI=1S/C11H13FO3/c12-9-2-1-3-10-8(9)4-7(5-13)11(6-14)15-10/h1-3,7,11,13-14H,4-6H2/t7-,11-/m0/s1. The Morgan fingerprint density at radius 1 is 1.33 bits per heavy atom. The molecule has 82 valence electrons. The largest absolute Gasteiger partial charge is 0.487 e. The molecule has 0 amide bonds. The van der Waals surface area contributed by atoms with Gasteiger partial charge in [-0.25, -0.2) is 4.39 Å². The molecule has 1 aliphatic heterocycles. The van der Waals surface area contributed by atoms with Gasteiger partial charge in [0.05, 0.1) is 6.61 Å². The summed E-state index contributed by atoms with van der Waals surface area (Å²) in [6.07, 6.45) is -0.0340. The minimum absolute atomic E-state index is 0.112. The highest BCUT2D eigenvalue weighted by molar-refractivity contribution is 5.37. The van der Waals surface area contributed by atoms with Crippen molar-refractivity contribution >= 4 is 0 Å². The minimum atomic E-state index is -0.440. The van der Waals surface area contributed by atoms with Crippen molar-refractivity contribution in [3.63, 3.8) is 0 Å². The van der Waals surface area contributed by atoms with Gasteiger partial charge in [0.25, 0.3) is 0 Å². The lowest BCUT2D eigenvalue weighted by atomic mass is 9.91. The number of rotatable bonds is 2. The molecule has 1 aliphatic rings. The Balaban J connectivity index is 2.33. The molecule has 0 aromatic heterocycles. The quantitative estimate of drug-likeness (QED) is 0.759. The molecule has 0 saturated heterocycles. The van der Waals surface area contributed by atoms with Gasteiger partial charge in [0.2, 0.25) is 0 Å². The summed E-state index contributed by atoms with van der Waals surface area (Å²) in [6, 6.07) is 4.62. The van der Waals surface area contributed by atoms with Gasteiger partial charge in [-0.3, -0.25) is 0 Å². The molecule has 2 rings (SSSR count). The van der Waals surface area contributed by atoms with E-state index in [0.29, 0.717) is 17.7 Å². The summed E-state index contributed by atoms with van der Waals surface area (Å²) in [4.78, 5) is 0. The average Bonchev–Trinajstić information content (AvgIpc) is 2.28. The van der Waals surface area contributed by atoms with Crippen molar-refractivity contribution in [2.45, 2.75) is 12.5 Å². The monoisotopic (exact) mass is 212 g/mol. The summed E-state index contributed by atoms with van der Waals surface area (Å²) in [7, 11) is 0.